The number of ether oxygens (including phenoxy) is 2. The normalized spacial score (nSPS) is 20.5. The molecule has 1 saturated heterocycles. The summed E-state index contributed by atoms with van der Waals surface area (Å²) in [5.41, 5.74) is 3.53. The van der Waals surface area contributed by atoms with E-state index in [1.54, 1.807) is 12.0 Å². The predicted molar refractivity (Wildman–Crippen MR) is 117 cm³/mol. The third kappa shape index (κ3) is 3.22. The minimum absolute atomic E-state index is 0.0413. The van der Waals surface area contributed by atoms with Gasteiger partial charge in [-0.1, -0.05) is 12.1 Å². The number of hydrogen-bond donors (Lipinski definition) is 0. The molecule has 160 valence electrons. The van der Waals surface area contributed by atoms with E-state index in [9.17, 15) is 9.59 Å². The van der Waals surface area contributed by atoms with Crippen molar-refractivity contribution in [3.8, 4) is 5.75 Å². The van der Waals surface area contributed by atoms with Crippen LogP contribution in [0, 0.1) is 13.8 Å². The van der Waals surface area contributed by atoms with Gasteiger partial charge in [0.25, 0.3) is 5.91 Å². The van der Waals surface area contributed by atoms with Gasteiger partial charge in [0.1, 0.15) is 11.3 Å². The van der Waals surface area contributed by atoms with Gasteiger partial charge in [0.2, 0.25) is 5.76 Å². The topological polar surface area (TPSA) is 69.0 Å². The van der Waals surface area contributed by atoms with E-state index in [-0.39, 0.29) is 23.2 Å². The summed E-state index contributed by atoms with van der Waals surface area (Å²) in [5, 5.41) is 0.501. The average Bonchev–Trinajstić information content (AvgIpc) is 3.37. The van der Waals surface area contributed by atoms with Crippen molar-refractivity contribution in [1.82, 2.24) is 4.90 Å². The van der Waals surface area contributed by atoms with Crippen LogP contribution in [0.15, 0.2) is 45.6 Å². The lowest BCUT2D eigenvalue weighted by Gasteiger charge is -2.27. The maximum atomic E-state index is 13.6. The first-order chi connectivity index (χ1) is 15.0. The van der Waals surface area contributed by atoms with E-state index in [0.717, 1.165) is 29.5 Å². The van der Waals surface area contributed by atoms with E-state index in [4.69, 9.17) is 13.9 Å². The molecule has 1 fully saturated rings. The molecule has 6 nitrogen and oxygen atoms in total. The molecule has 0 bridgehead atoms. The quantitative estimate of drug-likeness (QED) is 0.636. The van der Waals surface area contributed by atoms with Crippen LogP contribution in [0.25, 0.3) is 11.0 Å². The molecule has 2 aliphatic heterocycles. The molecule has 0 N–H and O–H groups in total. The summed E-state index contributed by atoms with van der Waals surface area (Å²) in [6.45, 7) is 5.05. The molecule has 0 saturated carbocycles. The smallest absolute Gasteiger partial charge is 0.291 e. The molecule has 2 atom stereocenters. The molecule has 3 heterocycles. The van der Waals surface area contributed by atoms with Crippen molar-refractivity contribution in [2.45, 2.75) is 38.8 Å². The molecule has 3 aromatic rings. The monoisotopic (exact) mass is 419 g/mol. The number of benzene rings is 2. The highest BCUT2D eigenvalue weighted by Gasteiger charge is 2.44. The zero-order valence-corrected chi connectivity index (χ0v) is 17.9. The molecule has 0 radical (unpaired) electrons. The van der Waals surface area contributed by atoms with Gasteiger partial charge < -0.3 is 18.8 Å². The number of aryl methyl sites for hydroxylation is 2. The lowest BCUT2D eigenvalue weighted by Crippen LogP contribution is -2.36. The fourth-order valence-electron chi connectivity index (χ4n) is 4.63. The van der Waals surface area contributed by atoms with Crippen LogP contribution < -0.4 is 10.2 Å². The molecule has 2 aromatic carbocycles. The van der Waals surface area contributed by atoms with Crippen molar-refractivity contribution in [3.05, 3.63) is 74.6 Å². The molecular weight excluding hydrogens is 394 g/mol. The summed E-state index contributed by atoms with van der Waals surface area (Å²) in [5.74, 6) is 0.536. The van der Waals surface area contributed by atoms with Crippen LogP contribution in [-0.4, -0.2) is 37.2 Å². The highest BCUT2D eigenvalue weighted by Crippen LogP contribution is 2.40. The third-order valence-electron chi connectivity index (χ3n) is 6.42. The third-order valence-corrected chi connectivity index (χ3v) is 6.42. The second-order valence-corrected chi connectivity index (χ2v) is 8.38. The summed E-state index contributed by atoms with van der Waals surface area (Å²) in [6, 6.07) is 10.7. The van der Waals surface area contributed by atoms with Gasteiger partial charge in [0, 0.05) is 13.2 Å². The highest BCUT2D eigenvalue weighted by atomic mass is 16.5. The Morgan fingerprint density at radius 2 is 1.94 bits per heavy atom. The lowest BCUT2D eigenvalue weighted by molar-refractivity contribution is 0.0486. The van der Waals surface area contributed by atoms with Crippen LogP contribution in [0.2, 0.25) is 0 Å². The second-order valence-electron chi connectivity index (χ2n) is 8.38. The number of fused-ring (bicyclic) bond motifs is 2. The molecule has 1 aromatic heterocycles. The summed E-state index contributed by atoms with van der Waals surface area (Å²) in [4.78, 5) is 28.8. The Morgan fingerprint density at radius 1 is 1.13 bits per heavy atom. The Bertz CT molecular complexity index is 1240. The van der Waals surface area contributed by atoms with E-state index in [1.165, 1.54) is 0 Å². The fraction of sp³-hybridized carbons (Fsp3) is 0.360. The van der Waals surface area contributed by atoms with Crippen LogP contribution in [0.5, 0.6) is 5.75 Å². The van der Waals surface area contributed by atoms with Crippen molar-refractivity contribution in [2.24, 2.45) is 0 Å². The van der Waals surface area contributed by atoms with Crippen molar-refractivity contribution >= 4 is 16.9 Å². The Morgan fingerprint density at radius 3 is 2.68 bits per heavy atom. The Kier molecular flexibility index (Phi) is 4.82. The van der Waals surface area contributed by atoms with Crippen LogP contribution in [0.3, 0.4) is 0 Å². The first-order valence-electron chi connectivity index (χ1n) is 10.6. The van der Waals surface area contributed by atoms with E-state index in [0.29, 0.717) is 35.4 Å². The van der Waals surface area contributed by atoms with Crippen LogP contribution in [0.1, 0.15) is 51.7 Å². The minimum atomic E-state index is -0.538. The number of hydrogen-bond acceptors (Lipinski definition) is 5. The number of nitrogens with zero attached hydrogens (tertiary/aromatic N) is 1. The van der Waals surface area contributed by atoms with Crippen molar-refractivity contribution < 1.29 is 18.7 Å². The van der Waals surface area contributed by atoms with Crippen LogP contribution in [-0.2, 0) is 4.74 Å². The Balaban J connectivity index is 1.72. The van der Waals surface area contributed by atoms with E-state index < -0.39 is 6.04 Å². The van der Waals surface area contributed by atoms with Gasteiger partial charge in [-0.05, 0) is 67.6 Å². The summed E-state index contributed by atoms with van der Waals surface area (Å²) < 4.78 is 17.3. The fourth-order valence-corrected chi connectivity index (χ4v) is 4.63. The van der Waals surface area contributed by atoms with Crippen molar-refractivity contribution in [1.29, 1.82) is 0 Å². The second kappa shape index (κ2) is 7.54. The number of carbonyl (C=O) groups excluding carboxylic acids is 1. The SMILES string of the molecule is COc1cccc([C@@H]2c3c(oc4cc(C)c(C)cc4c3=O)C(=O)N2C[C@H]2CCCO2)c1. The largest absolute Gasteiger partial charge is 0.497 e. The zero-order chi connectivity index (χ0) is 21.7. The summed E-state index contributed by atoms with van der Waals surface area (Å²) in [7, 11) is 1.60. The van der Waals surface area contributed by atoms with E-state index >= 15 is 0 Å². The Labute approximate surface area is 180 Å². The van der Waals surface area contributed by atoms with Gasteiger partial charge in [-0.25, -0.2) is 0 Å². The van der Waals surface area contributed by atoms with Gasteiger partial charge in [0.05, 0.1) is 30.2 Å². The van der Waals surface area contributed by atoms with E-state index in [2.05, 4.69) is 0 Å². The highest BCUT2D eigenvalue weighted by molar-refractivity contribution is 5.99. The van der Waals surface area contributed by atoms with E-state index in [1.807, 2.05) is 50.2 Å². The number of rotatable bonds is 4. The van der Waals surface area contributed by atoms with Gasteiger partial charge >= 0.3 is 0 Å². The average molecular weight is 419 g/mol. The standard InChI is InChI=1S/C25H25NO5/c1-14-10-19-20(11-15(14)2)31-24-21(23(19)27)22(16-6-4-7-17(12-16)29-3)26(25(24)28)13-18-8-5-9-30-18/h4,6-7,10-12,18,22H,5,8-9,13H2,1-3H3/t18-,22-/m1/s1. The predicted octanol–water partition coefficient (Wildman–Crippen LogP) is 4.14. The summed E-state index contributed by atoms with van der Waals surface area (Å²) >= 11 is 0. The number of amides is 1. The zero-order valence-electron chi connectivity index (χ0n) is 17.9. The van der Waals surface area contributed by atoms with Gasteiger partial charge in [-0.2, -0.15) is 0 Å². The first kappa shape index (κ1) is 19.8. The molecule has 5 rings (SSSR count). The Hall–Kier alpha value is -3.12. The maximum Gasteiger partial charge on any atom is 0.291 e. The van der Waals surface area contributed by atoms with Gasteiger partial charge in [-0.3, -0.25) is 9.59 Å². The maximum absolute atomic E-state index is 13.6. The lowest BCUT2D eigenvalue weighted by atomic mass is 9.97. The van der Waals surface area contributed by atoms with Crippen LogP contribution in [0.4, 0.5) is 0 Å². The molecule has 0 unspecified atom stereocenters. The summed E-state index contributed by atoms with van der Waals surface area (Å²) in [6.07, 6.45) is 1.83. The molecule has 6 heteroatoms. The number of carbonyl (C=O) groups is 1. The van der Waals surface area contributed by atoms with Crippen molar-refractivity contribution in [2.75, 3.05) is 20.3 Å². The first-order valence-corrected chi connectivity index (χ1v) is 10.6. The minimum Gasteiger partial charge on any atom is -0.497 e. The molecule has 31 heavy (non-hydrogen) atoms. The van der Waals surface area contributed by atoms with Crippen molar-refractivity contribution in [3.63, 3.8) is 0 Å². The van der Waals surface area contributed by atoms with Gasteiger partial charge in [-0.15, -0.1) is 0 Å². The molecular formula is C25H25NO5. The molecule has 1 amide bonds. The molecule has 2 aliphatic rings. The molecule has 0 spiro atoms. The van der Waals surface area contributed by atoms with Gasteiger partial charge in [0.15, 0.2) is 5.43 Å². The van der Waals surface area contributed by atoms with Crippen LogP contribution >= 0.6 is 0 Å². The molecule has 0 aliphatic carbocycles. The number of methoxy groups -OCH3 is 1.